The quantitative estimate of drug-likeness (QED) is 0.297. The number of carbonyl (C=O) groups excluding carboxylic acids is 1. The van der Waals surface area contributed by atoms with Crippen LogP contribution < -0.4 is 0 Å². The summed E-state index contributed by atoms with van der Waals surface area (Å²) in [5, 5.41) is 0. The third kappa shape index (κ3) is 3.85. The van der Waals surface area contributed by atoms with Crippen LogP contribution in [0.2, 0.25) is 0 Å². The summed E-state index contributed by atoms with van der Waals surface area (Å²) in [5.74, 6) is 2.13. The molecule has 0 aromatic carbocycles. The van der Waals surface area contributed by atoms with Gasteiger partial charge in [0.1, 0.15) is 6.10 Å². The molecule has 34 heavy (non-hydrogen) atoms. The predicted molar refractivity (Wildman–Crippen MR) is 142 cm³/mol. The maximum Gasteiger partial charge on any atom is 0.302 e. The van der Waals surface area contributed by atoms with Gasteiger partial charge in [0, 0.05) is 12.3 Å². The summed E-state index contributed by atoms with van der Waals surface area (Å²) in [5.41, 5.74) is 6.25. The maximum atomic E-state index is 11.8. The van der Waals surface area contributed by atoms with E-state index in [1.54, 1.807) is 6.92 Å². The molecule has 0 saturated heterocycles. The molecule has 0 amide bonds. The van der Waals surface area contributed by atoms with Gasteiger partial charge in [-0.25, -0.2) is 0 Å². The van der Waals surface area contributed by atoms with Crippen LogP contribution in [-0.2, 0) is 9.53 Å². The van der Waals surface area contributed by atoms with Gasteiger partial charge < -0.3 is 4.74 Å². The van der Waals surface area contributed by atoms with Gasteiger partial charge >= 0.3 is 5.97 Å². The van der Waals surface area contributed by atoms with Crippen molar-refractivity contribution in [3.63, 3.8) is 0 Å². The molecule has 0 radical (unpaired) electrons. The molecule has 0 spiro atoms. The Kier molecular flexibility index (Phi) is 6.74. The van der Waals surface area contributed by atoms with Crippen LogP contribution in [0.5, 0.6) is 0 Å². The Morgan fingerprint density at radius 1 is 0.971 bits per heavy atom. The molecule has 0 unspecified atom stereocenters. The van der Waals surface area contributed by atoms with E-state index < -0.39 is 0 Å². The van der Waals surface area contributed by atoms with Crippen LogP contribution in [0.15, 0.2) is 22.8 Å². The molecular formula is C32H52O2. The van der Waals surface area contributed by atoms with Crippen molar-refractivity contribution >= 4 is 5.97 Å². The van der Waals surface area contributed by atoms with Crippen LogP contribution in [0, 0.1) is 39.4 Å². The molecule has 2 nitrogen and oxygen atoms in total. The van der Waals surface area contributed by atoms with Gasteiger partial charge in [0.25, 0.3) is 0 Å². The Labute approximate surface area is 210 Å². The molecule has 4 rings (SSSR count). The average molecular weight is 469 g/mol. The Morgan fingerprint density at radius 3 is 2.32 bits per heavy atom. The summed E-state index contributed by atoms with van der Waals surface area (Å²) in [6, 6.07) is 0. The first-order valence-electron chi connectivity index (χ1n) is 14.3. The highest BCUT2D eigenvalue weighted by Crippen LogP contribution is 2.72. The summed E-state index contributed by atoms with van der Waals surface area (Å²) in [4.78, 5) is 11.8. The van der Waals surface area contributed by atoms with Crippen molar-refractivity contribution in [2.24, 2.45) is 39.4 Å². The van der Waals surface area contributed by atoms with Gasteiger partial charge in [-0.1, -0.05) is 64.3 Å². The van der Waals surface area contributed by atoms with Gasteiger partial charge in [0.2, 0.25) is 0 Å². The van der Waals surface area contributed by atoms with Gasteiger partial charge in [0.15, 0.2) is 0 Å². The second-order valence-electron chi connectivity index (χ2n) is 14.2. The molecule has 0 heterocycles. The minimum atomic E-state index is -0.117. The van der Waals surface area contributed by atoms with Gasteiger partial charge in [-0.2, -0.15) is 0 Å². The minimum absolute atomic E-state index is 0.0382. The van der Waals surface area contributed by atoms with E-state index in [9.17, 15) is 4.79 Å². The number of esters is 1. The molecule has 7 atom stereocenters. The number of hydrogen-bond acceptors (Lipinski definition) is 2. The minimum Gasteiger partial charge on any atom is -0.462 e. The molecule has 2 fully saturated rings. The van der Waals surface area contributed by atoms with Crippen LogP contribution in [0.1, 0.15) is 127 Å². The molecule has 0 bridgehead atoms. The van der Waals surface area contributed by atoms with E-state index >= 15 is 0 Å². The summed E-state index contributed by atoms with van der Waals surface area (Å²) in [7, 11) is 0. The lowest BCUT2D eigenvalue weighted by molar-refractivity contribution is -0.167. The monoisotopic (exact) mass is 468 g/mol. The lowest BCUT2D eigenvalue weighted by Gasteiger charge is -2.62. The second kappa shape index (κ2) is 8.81. The van der Waals surface area contributed by atoms with Crippen molar-refractivity contribution in [1.82, 2.24) is 0 Å². The summed E-state index contributed by atoms with van der Waals surface area (Å²) < 4.78 is 5.87. The van der Waals surface area contributed by atoms with Crippen LogP contribution in [0.3, 0.4) is 0 Å². The largest absolute Gasteiger partial charge is 0.462 e. The van der Waals surface area contributed by atoms with Crippen molar-refractivity contribution in [3.05, 3.63) is 22.8 Å². The van der Waals surface area contributed by atoms with Gasteiger partial charge in [0.05, 0.1) is 0 Å². The molecule has 0 aromatic rings. The smallest absolute Gasteiger partial charge is 0.302 e. The highest BCUT2D eigenvalue weighted by Gasteiger charge is 2.63. The highest BCUT2D eigenvalue weighted by molar-refractivity contribution is 5.66. The molecule has 0 N–H and O–H groups in total. The van der Waals surface area contributed by atoms with Crippen molar-refractivity contribution in [2.75, 3.05) is 0 Å². The molecule has 4 aliphatic carbocycles. The fourth-order valence-corrected chi connectivity index (χ4v) is 9.86. The lowest BCUT2D eigenvalue weighted by atomic mass is 9.43. The van der Waals surface area contributed by atoms with Crippen LogP contribution in [0.25, 0.3) is 0 Å². The molecule has 192 valence electrons. The van der Waals surface area contributed by atoms with Crippen LogP contribution in [0.4, 0.5) is 0 Å². The fourth-order valence-electron chi connectivity index (χ4n) is 9.86. The number of carbonyl (C=O) groups is 1. The Morgan fingerprint density at radius 2 is 1.68 bits per heavy atom. The van der Waals surface area contributed by atoms with Gasteiger partial charge in [-0.05, 0) is 112 Å². The first-order chi connectivity index (χ1) is 15.8. The fraction of sp³-hybridized carbons (Fsp3) is 0.844. The Hall–Kier alpha value is -1.05. The standard InChI is InChI=1S/C32H52O2/c1-21(2)11-10-12-22(3)24-15-19-32(9)26-13-14-27-29(5,6)28(34-23(4)33)17-18-30(27,7)25(26)16-20-31(24,32)8/h11,22,24,27-28H,10,12-20H2,1-9H3/t22-,24+,27+,28+,30-,31-,32+/m1/s1. The first kappa shape index (κ1) is 26.0. The summed E-state index contributed by atoms with van der Waals surface area (Å²) in [6.07, 6.45) is 15.2. The molecule has 2 heteroatoms. The van der Waals surface area contributed by atoms with E-state index in [4.69, 9.17) is 4.74 Å². The van der Waals surface area contributed by atoms with Crippen molar-refractivity contribution in [3.8, 4) is 0 Å². The van der Waals surface area contributed by atoms with Crippen molar-refractivity contribution < 1.29 is 9.53 Å². The normalized spacial score (nSPS) is 41.7. The van der Waals surface area contributed by atoms with E-state index in [1.807, 2.05) is 11.1 Å². The van der Waals surface area contributed by atoms with Gasteiger partial charge in [-0.15, -0.1) is 0 Å². The second-order valence-corrected chi connectivity index (χ2v) is 14.2. The molecular weight excluding hydrogens is 416 g/mol. The van der Waals surface area contributed by atoms with E-state index in [0.29, 0.717) is 16.7 Å². The number of allylic oxidation sites excluding steroid dienone is 4. The number of rotatable bonds is 5. The lowest BCUT2D eigenvalue weighted by Crippen LogP contribution is -2.55. The van der Waals surface area contributed by atoms with Gasteiger partial charge in [-0.3, -0.25) is 4.79 Å². The zero-order valence-corrected chi connectivity index (χ0v) is 23.8. The van der Waals surface area contributed by atoms with Crippen LogP contribution >= 0.6 is 0 Å². The maximum absolute atomic E-state index is 11.8. The third-order valence-corrected chi connectivity index (χ3v) is 11.9. The molecule has 4 aliphatic rings. The zero-order valence-electron chi connectivity index (χ0n) is 23.8. The van der Waals surface area contributed by atoms with E-state index in [2.05, 4.69) is 61.5 Å². The first-order valence-corrected chi connectivity index (χ1v) is 14.3. The van der Waals surface area contributed by atoms with Crippen molar-refractivity contribution in [2.45, 2.75) is 133 Å². The van der Waals surface area contributed by atoms with Crippen molar-refractivity contribution in [1.29, 1.82) is 0 Å². The highest BCUT2D eigenvalue weighted by atomic mass is 16.5. The summed E-state index contributed by atoms with van der Waals surface area (Å²) in [6.45, 7) is 21.2. The molecule has 2 saturated carbocycles. The number of hydrogen-bond donors (Lipinski definition) is 0. The summed E-state index contributed by atoms with van der Waals surface area (Å²) >= 11 is 0. The SMILES string of the molecule is CC(=O)O[C@H]1CC[C@]2(C)C3=C(CC[C@H]2C1(C)C)[C@]1(C)CC[C@@H]([C@H](C)CCC=C(C)C)[C@@]1(C)CC3. The zero-order chi connectivity index (χ0) is 25.1. The Balaban J connectivity index is 1.63. The predicted octanol–water partition coefficient (Wildman–Crippen LogP) is 9.05. The number of fused-ring (bicyclic) bond motifs is 4. The third-order valence-electron chi connectivity index (χ3n) is 11.9. The Bertz CT molecular complexity index is 873. The van der Waals surface area contributed by atoms with E-state index in [-0.39, 0.29) is 22.9 Å². The van der Waals surface area contributed by atoms with E-state index in [0.717, 1.165) is 18.3 Å². The molecule has 0 aliphatic heterocycles. The average Bonchev–Trinajstić information content (AvgIpc) is 3.01. The number of ether oxygens (including phenoxy) is 1. The molecule has 0 aromatic heterocycles. The topological polar surface area (TPSA) is 26.3 Å². The van der Waals surface area contributed by atoms with Crippen LogP contribution in [-0.4, -0.2) is 12.1 Å². The van der Waals surface area contributed by atoms with E-state index in [1.165, 1.54) is 63.4 Å².